The fourth-order valence-corrected chi connectivity index (χ4v) is 2.95. The number of fused-ring (bicyclic) bond motifs is 1. The maximum absolute atomic E-state index is 12.5. The SMILES string of the molecule is Cc1cccc(NC(=O)c2nnc3ccc(N4CCOCC4)cc3n2)c1. The Morgan fingerprint density at radius 1 is 1.08 bits per heavy atom. The molecule has 1 aliphatic rings. The van der Waals surface area contributed by atoms with E-state index >= 15 is 0 Å². The number of nitrogens with one attached hydrogen (secondary N) is 1. The van der Waals surface area contributed by atoms with Crippen molar-refractivity contribution in [2.24, 2.45) is 0 Å². The molecule has 1 fully saturated rings. The zero-order chi connectivity index (χ0) is 17.9. The third kappa shape index (κ3) is 3.48. The van der Waals surface area contributed by atoms with Crippen LogP contribution in [-0.2, 0) is 4.74 Å². The molecule has 0 spiro atoms. The molecule has 3 aromatic rings. The van der Waals surface area contributed by atoms with Crippen LogP contribution < -0.4 is 10.2 Å². The van der Waals surface area contributed by atoms with Gasteiger partial charge in [0.1, 0.15) is 5.52 Å². The van der Waals surface area contributed by atoms with E-state index in [-0.39, 0.29) is 11.7 Å². The van der Waals surface area contributed by atoms with Crippen molar-refractivity contribution in [3.8, 4) is 0 Å². The highest BCUT2D eigenvalue weighted by atomic mass is 16.5. The van der Waals surface area contributed by atoms with E-state index in [1.165, 1.54) is 0 Å². The highest BCUT2D eigenvalue weighted by Gasteiger charge is 2.15. The Balaban J connectivity index is 1.60. The van der Waals surface area contributed by atoms with E-state index in [2.05, 4.69) is 25.4 Å². The van der Waals surface area contributed by atoms with Crippen molar-refractivity contribution in [1.29, 1.82) is 0 Å². The summed E-state index contributed by atoms with van der Waals surface area (Å²) in [7, 11) is 0. The predicted molar refractivity (Wildman–Crippen MR) is 99.5 cm³/mol. The summed E-state index contributed by atoms with van der Waals surface area (Å²) >= 11 is 0. The van der Waals surface area contributed by atoms with Crippen LogP contribution in [0.1, 0.15) is 16.2 Å². The molecule has 26 heavy (non-hydrogen) atoms. The van der Waals surface area contributed by atoms with E-state index in [4.69, 9.17) is 4.74 Å². The van der Waals surface area contributed by atoms with Crippen molar-refractivity contribution < 1.29 is 9.53 Å². The first kappa shape index (κ1) is 16.4. The average Bonchev–Trinajstić information content (AvgIpc) is 2.68. The number of benzene rings is 2. The maximum Gasteiger partial charge on any atom is 0.295 e. The summed E-state index contributed by atoms with van der Waals surface area (Å²) in [5, 5.41) is 10.9. The first-order valence-electron chi connectivity index (χ1n) is 8.54. The lowest BCUT2D eigenvalue weighted by atomic mass is 10.2. The molecule has 0 unspecified atom stereocenters. The van der Waals surface area contributed by atoms with Gasteiger partial charge in [-0.25, -0.2) is 4.98 Å². The molecule has 2 heterocycles. The third-order valence-electron chi connectivity index (χ3n) is 4.29. The fraction of sp³-hybridized carbons (Fsp3) is 0.263. The fourth-order valence-electron chi connectivity index (χ4n) is 2.95. The first-order valence-corrected chi connectivity index (χ1v) is 8.54. The summed E-state index contributed by atoms with van der Waals surface area (Å²) in [6.45, 7) is 5.07. The molecule has 1 N–H and O–H groups in total. The van der Waals surface area contributed by atoms with Crippen LogP contribution in [-0.4, -0.2) is 47.4 Å². The summed E-state index contributed by atoms with van der Waals surface area (Å²) in [5.41, 5.74) is 4.13. The second-order valence-corrected chi connectivity index (χ2v) is 6.23. The topological polar surface area (TPSA) is 80.2 Å². The Hall–Kier alpha value is -3.06. The van der Waals surface area contributed by atoms with Crippen molar-refractivity contribution in [1.82, 2.24) is 15.2 Å². The van der Waals surface area contributed by atoms with Gasteiger partial charge in [-0.3, -0.25) is 4.79 Å². The summed E-state index contributed by atoms with van der Waals surface area (Å²) < 4.78 is 5.39. The zero-order valence-electron chi connectivity index (χ0n) is 14.5. The van der Waals surface area contributed by atoms with Crippen molar-refractivity contribution in [3.05, 3.63) is 53.9 Å². The molecule has 0 atom stereocenters. The predicted octanol–water partition coefficient (Wildman–Crippen LogP) is 2.42. The molecule has 1 aliphatic heterocycles. The van der Waals surface area contributed by atoms with Gasteiger partial charge in [0.15, 0.2) is 0 Å². The van der Waals surface area contributed by atoms with E-state index in [9.17, 15) is 4.79 Å². The minimum atomic E-state index is -0.373. The van der Waals surface area contributed by atoms with Gasteiger partial charge in [-0.15, -0.1) is 10.2 Å². The van der Waals surface area contributed by atoms with Crippen molar-refractivity contribution in [3.63, 3.8) is 0 Å². The molecule has 1 aromatic heterocycles. The summed E-state index contributed by atoms with van der Waals surface area (Å²) in [4.78, 5) is 19.1. The summed E-state index contributed by atoms with van der Waals surface area (Å²) in [6, 6.07) is 13.4. The molecule has 0 saturated carbocycles. The minimum Gasteiger partial charge on any atom is -0.378 e. The molecular weight excluding hydrogens is 330 g/mol. The first-order chi connectivity index (χ1) is 12.7. The molecular formula is C19H19N5O2. The molecule has 0 bridgehead atoms. The van der Waals surface area contributed by atoms with E-state index in [1.807, 2.05) is 49.4 Å². The number of carbonyl (C=O) groups excluding carboxylic acids is 1. The van der Waals surface area contributed by atoms with Gasteiger partial charge in [0.05, 0.1) is 18.7 Å². The van der Waals surface area contributed by atoms with Crippen LogP contribution in [0.5, 0.6) is 0 Å². The number of aromatic nitrogens is 3. The van der Waals surface area contributed by atoms with Gasteiger partial charge in [-0.05, 0) is 42.8 Å². The van der Waals surface area contributed by atoms with Crippen LogP contribution in [0.4, 0.5) is 11.4 Å². The molecule has 1 saturated heterocycles. The van der Waals surface area contributed by atoms with Crippen molar-refractivity contribution in [2.45, 2.75) is 6.92 Å². The Labute approximate surface area is 151 Å². The third-order valence-corrected chi connectivity index (χ3v) is 4.29. The van der Waals surface area contributed by atoms with Crippen LogP contribution in [0.3, 0.4) is 0 Å². The molecule has 1 amide bonds. The van der Waals surface area contributed by atoms with Gasteiger partial charge in [-0.2, -0.15) is 0 Å². The van der Waals surface area contributed by atoms with E-state index in [0.717, 1.165) is 24.3 Å². The molecule has 4 rings (SSSR count). The number of ether oxygens (including phenoxy) is 1. The molecule has 7 heteroatoms. The Bertz CT molecular complexity index is 954. The molecule has 2 aromatic carbocycles. The lowest BCUT2D eigenvalue weighted by molar-refractivity contribution is 0.101. The number of morpholine rings is 1. The highest BCUT2D eigenvalue weighted by molar-refractivity contribution is 6.02. The number of hydrogen-bond acceptors (Lipinski definition) is 6. The van der Waals surface area contributed by atoms with Gasteiger partial charge in [-0.1, -0.05) is 12.1 Å². The minimum absolute atomic E-state index is 0.0538. The summed E-state index contributed by atoms with van der Waals surface area (Å²) in [6.07, 6.45) is 0. The number of carbonyl (C=O) groups is 1. The molecule has 132 valence electrons. The Morgan fingerprint density at radius 3 is 2.73 bits per heavy atom. The van der Waals surface area contributed by atoms with Crippen LogP contribution >= 0.6 is 0 Å². The van der Waals surface area contributed by atoms with Crippen molar-refractivity contribution in [2.75, 3.05) is 36.5 Å². The lowest BCUT2D eigenvalue weighted by Gasteiger charge is -2.28. The zero-order valence-corrected chi connectivity index (χ0v) is 14.5. The molecule has 7 nitrogen and oxygen atoms in total. The number of nitrogens with zero attached hydrogens (tertiary/aromatic N) is 4. The molecule has 0 aliphatic carbocycles. The van der Waals surface area contributed by atoms with Gasteiger partial charge in [0, 0.05) is 24.5 Å². The number of amides is 1. The smallest absolute Gasteiger partial charge is 0.295 e. The standard InChI is InChI=1S/C19H19N5O2/c1-13-3-2-4-14(11-13)20-19(25)18-21-17-12-15(5-6-16(17)22-23-18)24-7-9-26-10-8-24/h2-6,11-12H,7-10H2,1H3,(H,20,25). The normalized spacial score (nSPS) is 14.4. The molecule has 0 radical (unpaired) electrons. The van der Waals surface area contributed by atoms with Gasteiger partial charge >= 0.3 is 0 Å². The van der Waals surface area contributed by atoms with Gasteiger partial charge in [0.2, 0.25) is 5.82 Å². The monoisotopic (exact) mass is 349 g/mol. The number of aryl methyl sites for hydroxylation is 1. The Kier molecular flexibility index (Phi) is 4.45. The maximum atomic E-state index is 12.5. The second kappa shape index (κ2) is 7.05. The lowest BCUT2D eigenvalue weighted by Crippen LogP contribution is -2.36. The van der Waals surface area contributed by atoms with E-state index in [0.29, 0.717) is 29.9 Å². The number of rotatable bonds is 3. The average molecular weight is 349 g/mol. The summed E-state index contributed by atoms with van der Waals surface area (Å²) in [5.74, 6) is -0.320. The van der Waals surface area contributed by atoms with E-state index in [1.54, 1.807) is 0 Å². The van der Waals surface area contributed by atoms with Crippen LogP contribution in [0.15, 0.2) is 42.5 Å². The second-order valence-electron chi connectivity index (χ2n) is 6.23. The largest absolute Gasteiger partial charge is 0.378 e. The number of anilines is 2. The van der Waals surface area contributed by atoms with Crippen LogP contribution in [0.2, 0.25) is 0 Å². The van der Waals surface area contributed by atoms with Gasteiger partial charge < -0.3 is 15.0 Å². The number of hydrogen-bond donors (Lipinski definition) is 1. The quantitative estimate of drug-likeness (QED) is 0.782. The van der Waals surface area contributed by atoms with E-state index < -0.39 is 0 Å². The Morgan fingerprint density at radius 2 is 1.92 bits per heavy atom. The van der Waals surface area contributed by atoms with Crippen molar-refractivity contribution >= 4 is 28.3 Å². The van der Waals surface area contributed by atoms with Crippen LogP contribution in [0, 0.1) is 6.92 Å². The van der Waals surface area contributed by atoms with Gasteiger partial charge in [0.25, 0.3) is 5.91 Å². The highest BCUT2D eigenvalue weighted by Crippen LogP contribution is 2.20. The van der Waals surface area contributed by atoms with Crippen LogP contribution in [0.25, 0.3) is 11.0 Å².